The summed E-state index contributed by atoms with van der Waals surface area (Å²) in [4.78, 5) is 45.2. The SMILES string of the molecule is Cc1nc2c(C)cccn2c1C(=O)NCCCC(=O)N1CCN(C(=O)OC(C)(C)C)CC1. The number of carbonyl (C=O) groups excluding carboxylic acids is 3. The topological polar surface area (TPSA) is 96.3 Å². The van der Waals surface area contributed by atoms with Gasteiger partial charge in [-0.15, -0.1) is 0 Å². The molecule has 1 aliphatic rings. The lowest BCUT2D eigenvalue weighted by atomic mass is 10.2. The van der Waals surface area contributed by atoms with Crippen LogP contribution in [0, 0.1) is 13.8 Å². The Morgan fingerprint density at radius 3 is 2.41 bits per heavy atom. The van der Waals surface area contributed by atoms with Crippen molar-refractivity contribution in [3.8, 4) is 0 Å². The van der Waals surface area contributed by atoms with Crippen molar-refractivity contribution >= 4 is 23.6 Å². The number of aromatic nitrogens is 2. The van der Waals surface area contributed by atoms with E-state index in [0.717, 1.165) is 11.2 Å². The van der Waals surface area contributed by atoms with Gasteiger partial charge in [-0.1, -0.05) is 6.07 Å². The van der Waals surface area contributed by atoms with E-state index >= 15 is 0 Å². The van der Waals surface area contributed by atoms with Crippen LogP contribution in [0.3, 0.4) is 0 Å². The molecule has 1 aliphatic heterocycles. The van der Waals surface area contributed by atoms with Crippen molar-refractivity contribution in [2.75, 3.05) is 32.7 Å². The van der Waals surface area contributed by atoms with Crippen LogP contribution in [0.1, 0.15) is 55.4 Å². The van der Waals surface area contributed by atoms with Gasteiger partial charge in [0.05, 0.1) is 5.69 Å². The van der Waals surface area contributed by atoms with Gasteiger partial charge >= 0.3 is 6.09 Å². The molecule has 0 unspecified atom stereocenters. The van der Waals surface area contributed by atoms with Crippen molar-refractivity contribution in [2.45, 2.75) is 53.1 Å². The first-order valence-electron chi connectivity index (χ1n) is 11.0. The van der Waals surface area contributed by atoms with E-state index in [1.807, 2.05) is 52.9 Å². The molecule has 3 amide bonds. The van der Waals surface area contributed by atoms with Crippen molar-refractivity contribution < 1.29 is 19.1 Å². The van der Waals surface area contributed by atoms with Gasteiger partial charge in [0.25, 0.3) is 5.91 Å². The number of amides is 3. The zero-order chi connectivity index (χ0) is 23.5. The molecule has 0 saturated carbocycles. The molecule has 1 N–H and O–H groups in total. The molecule has 1 fully saturated rings. The lowest BCUT2D eigenvalue weighted by Gasteiger charge is -2.35. The number of nitrogens with one attached hydrogen (secondary N) is 1. The molecule has 9 nitrogen and oxygen atoms in total. The molecule has 0 bridgehead atoms. The average molecular weight is 444 g/mol. The number of ether oxygens (including phenoxy) is 1. The minimum absolute atomic E-state index is 0.0321. The fourth-order valence-electron chi connectivity index (χ4n) is 3.74. The van der Waals surface area contributed by atoms with Gasteiger partial charge in [-0.3, -0.25) is 14.0 Å². The molecule has 3 rings (SSSR count). The monoisotopic (exact) mass is 443 g/mol. The highest BCUT2D eigenvalue weighted by Crippen LogP contribution is 2.15. The molecule has 9 heteroatoms. The van der Waals surface area contributed by atoms with Crippen molar-refractivity contribution in [3.05, 3.63) is 35.3 Å². The second-order valence-electron chi connectivity index (χ2n) is 9.14. The minimum Gasteiger partial charge on any atom is -0.444 e. The maximum absolute atomic E-state index is 12.7. The van der Waals surface area contributed by atoms with Gasteiger partial charge in [-0.2, -0.15) is 0 Å². The highest BCUT2D eigenvalue weighted by Gasteiger charge is 2.27. The van der Waals surface area contributed by atoms with Gasteiger partial charge < -0.3 is 19.9 Å². The smallest absolute Gasteiger partial charge is 0.410 e. The third-order valence-corrected chi connectivity index (χ3v) is 5.37. The van der Waals surface area contributed by atoms with Crippen LogP contribution >= 0.6 is 0 Å². The fraction of sp³-hybridized carbons (Fsp3) is 0.565. The van der Waals surface area contributed by atoms with E-state index < -0.39 is 5.60 Å². The third-order valence-electron chi connectivity index (χ3n) is 5.37. The van der Waals surface area contributed by atoms with E-state index in [1.54, 1.807) is 14.2 Å². The van der Waals surface area contributed by atoms with Crippen LogP contribution in [-0.2, 0) is 9.53 Å². The number of fused-ring (bicyclic) bond motifs is 1. The zero-order valence-electron chi connectivity index (χ0n) is 19.6. The van der Waals surface area contributed by atoms with Crippen LogP contribution in [0.25, 0.3) is 5.65 Å². The summed E-state index contributed by atoms with van der Waals surface area (Å²) >= 11 is 0. The summed E-state index contributed by atoms with van der Waals surface area (Å²) in [5.74, 6) is -0.163. The van der Waals surface area contributed by atoms with Crippen molar-refractivity contribution in [3.63, 3.8) is 0 Å². The summed E-state index contributed by atoms with van der Waals surface area (Å²) in [5, 5.41) is 2.90. The number of pyridine rings is 1. The Kier molecular flexibility index (Phi) is 7.06. The quantitative estimate of drug-likeness (QED) is 0.717. The van der Waals surface area contributed by atoms with E-state index in [-0.39, 0.29) is 17.9 Å². The Bertz CT molecular complexity index is 1000. The maximum atomic E-state index is 12.7. The first kappa shape index (κ1) is 23.6. The largest absolute Gasteiger partial charge is 0.444 e. The molecule has 0 spiro atoms. The first-order valence-corrected chi connectivity index (χ1v) is 11.0. The molecule has 2 aromatic heterocycles. The standard InChI is InChI=1S/C23H33N5O4/c1-16-8-7-11-28-19(17(2)25-20(16)28)21(30)24-10-6-9-18(29)26-12-14-27(15-13-26)22(31)32-23(3,4)5/h7-8,11H,6,9-10,12-15H2,1-5H3,(H,24,30). The molecule has 1 saturated heterocycles. The number of rotatable bonds is 5. The Morgan fingerprint density at radius 2 is 1.75 bits per heavy atom. The van der Waals surface area contributed by atoms with Gasteiger partial charge in [0, 0.05) is 45.3 Å². The predicted molar refractivity (Wildman–Crippen MR) is 121 cm³/mol. The van der Waals surface area contributed by atoms with E-state index in [0.29, 0.717) is 57.0 Å². The number of hydrogen-bond donors (Lipinski definition) is 1. The lowest BCUT2D eigenvalue weighted by molar-refractivity contribution is -0.133. The van der Waals surface area contributed by atoms with Gasteiger partial charge in [0.15, 0.2) is 0 Å². The van der Waals surface area contributed by atoms with Crippen LogP contribution < -0.4 is 5.32 Å². The number of carbonyl (C=O) groups is 3. The molecular weight excluding hydrogens is 410 g/mol. The number of imidazole rings is 1. The maximum Gasteiger partial charge on any atom is 0.410 e. The summed E-state index contributed by atoms with van der Waals surface area (Å²) in [5.41, 5.74) is 2.45. The summed E-state index contributed by atoms with van der Waals surface area (Å²) in [6.45, 7) is 11.6. The summed E-state index contributed by atoms with van der Waals surface area (Å²) in [6, 6.07) is 3.85. The molecule has 0 radical (unpaired) electrons. The second kappa shape index (κ2) is 9.58. The molecule has 0 aromatic carbocycles. The number of hydrogen-bond acceptors (Lipinski definition) is 5. The first-order chi connectivity index (χ1) is 15.1. The molecular formula is C23H33N5O4. The average Bonchev–Trinajstić information content (AvgIpc) is 3.07. The van der Waals surface area contributed by atoms with Crippen LogP contribution in [-0.4, -0.2) is 75.4 Å². The normalized spacial score (nSPS) is 14.5. The minimum atomic E-state index is -0.533. The van der Waals surface area contributed by atoms with Crippen LogP contribution in [0.4, 0.5) is 4.79 Å². The third kappa shape index (κ3) is 5.57. The van der Waals surface area contributed by atoms with E-state index in [4.69, 9.17) is 4.74 Å². The summed E-state index contributed by atoms with van der Waals surface area (Å²) < 4.78 is 7.19. The Hall–Kier alpha value is -3.10. The Morgan fingerprint density at radius 1 is 1.09 bits per heavy atom. The van der Waals surface area contributed by atoms with Crippen LogP contribution in [0.2, 0.25) is 0 Å². The van der Waals surface area contributed by atoms with Gasteiger partial charge in [-0.25, -0.2) is 9.78 Å². The fourth-order valence-corrected chi connectivity index (χ4v) is 3.74. The molecule has 3 heterocycles. The van der Waals surface area contributed by atoms with E-state index in [9.17, 15) is 14.4 Å². The molecule has 0 atom stereocenters. The van der Waals surface area contributed by atoms with Gasteiger partial charge in [0.1, 0.15) is 16.9 Å². The van der Waals surface area contributed by atoms with E-state index in [2.05, 4.69) is 10.3 Å². The summed E-state index contributed by atoms with van der Waals surface area (Å²) in [6.07, 6.45) is 2.38. The van der Waals surface area contributed by atoms with Crippen LogP contribution in [0.5, 0.6) is 0 Å². The highest BCUT2D eigenvalue weighted by atomic mass is 16.6. The lowest BCUT2D eigenvalue weighted by Crippen LogP contribution is -2.51. The molecule has 2 aromatic rings. The Labute approximate surface area is 188 Å². The van der Waals surface area contributed by atoms with Crippen molar-refractivity contribution in [1.29, 1.82) is 0 Å². The van der Waals surface area contributed by atoms with Gasteiger partial charge in [0.2, 0.25) is 5.91 Å². The van der Waals surface area contributed by atoms with Crippen molar-refractivity contribution in [2.24, 2.45) is 0 Å². The number of nitrogens with zero attached hydrogens (tertiary/aromatic N) is 4. The zero-order valence-corrected chi connectivity index (χ0v) is 19.6. The van der Waals surface area contributed by atoms with E-state index in [1.165, 1.54) is 0 Å². The summed E-state index contributed by atoms with van der Waals surface area (Å²) in [7, 11) is 0. The highest BCUT2D eigenvalue weighted by molar-refractivity contribution is 5.94. The van der Waals surface area contributed by atoms with Gasteiger partial charge in [-0.05, 0) is 52.7 Å². The van der Waals surface area contributed by atoms with Crippen molar-refractivity contribution in [1.82, 2.24) is 24.5 Å². The predicted octanol–water partition coefficient (Wildman–Crippen LogP) is 2.54. The number of piperazine rings is 1. The molecule has 32 heavy (non-hydrogen) atoms. The molecule has 0 aliphatic carbocycles. The number of aryl methyl sites for hydroxylation is 2. The molecule has 174 valence electrons. The Balaban J connectivity index is 1.42. The second-order valence-corrected chi connectivity index (χ2v) is 9.14. The van der Waals surface area contributed by atoms with Crippen LogP contribution in [0.15, 0.2) is 18.3 Å².